The topological polar surface area (TPSA) is 28.7 Å². The van der Waals surface area contributed by atoms with E-state index in [2.05, 4.69) is 60.2 Å². The van der Waals surface area contributed by atoms with Crippen LogP contribution in [0.4, 0.5) is 0 Å². The van der Waals surface area contributed by atoms with Gasteiger partial charge in [0.1, 0.15) is 0 Å². The van der Waals surface area contributed by atoms with Crippen molar-refractivity contribution < 1.29 is 0 Å². The van der Waals surface area contributed by atoms with Crippen LogP contribution in [0.15, 0.2) is 66.9 Å². The zero-order valence-corrected chi connectivity index (χ0v) is 12.3. The summed E-state index contributed by atoms with van der Waals surface area (Å²) in [6.45, 7) is 4.19. The summed E-state index contributed by atoms with van der Waals surface area (Å²) in [4.78, 5) is 7.47. The lowest BCUT2D eigenvalue weighted by Crippen LogP contribution is -1.73. The van der Waals surface area contributed by atoms with Crippen molar-refractivity contribution in [2.24, 2.45) is 0 Å². The number of hydrogen-bond acceptors (Lipinski definition) is 1. The molecule has 2 heterocycles. The third-order valence-corrected chi connectivity index (χ3v) is 3.42. The van der Waals surface area contributed by atoms with Gasteiger partial charge in [0.05, 0.1) is 5.52 Å². The average molecular weight is 274 g/mol. The molecule has 21 heavy (non-hydrogen) atoms. The molecule has 0 saturated carbocycles. The molecule has 0 saturated heterocycles. The molecule has 0 unspecified atom stereocenters. The highest BCUT2D eigenvalue weighted by Gasteiger charge is 1.95. The Labute approximate surface area is 124 Å². The Bertz CT molecular complexity index is 809. The summed E-state index contributed by atoms with van der Waals surface area (Å²) < 4.78 is 0. The van der Waals surface area contributed by atoms with E-state index in [9.17, 15) is 0 Å². The minimum absolute atomic E-state index is 1.06. The van der Waals surface area contributed by atoms with E-state index < -0.39 is 0 Å². The number of rotatable bonds is 0. The third-order valence-electron chi connectivity index (χ3n) is 3.42. The number of aromatic nitrogens is 2. The Hall–Kier alpha value is -2.61. The maximum atomic E-state index is 4.18. The number of H-pyrrole nitrogens is 1. The lowest BCUT2D eigenvalue weighted by atomic mass is 10.2. The summed E-state index contributed by atoms with van der Waals surface area (Å²) in [5, 5.41) is 2.51. The molecule has 2 aromatic carbocycles. The van der Waals surface area contributed by atoms with E-state index in [0.717, 1.165) is 5.52 Å². The van der Waals surface area contributed by atoms with E-state index in [1.807, 2.05) is 30.5 Å². The second-order valence-corrected chi connectivity index (χ2v) is 5.24. The fourth-order valence-electron chi connectivity index (χ4n) is 2.41. The van der Waals surface area contributed by atoms with Crippen LogP contribution >= 0.6 is 0 Å². The first-order chi connectivity index (χ1) is 10.2. The van der Waals surface area contributed by atoms with Crippen LogP contribution < -0.4 is 0 Å². The van der Waals surface area contributed by atoms with Crippen LogP contribution in [-0.4, -0.2) is 9.97 Å². The molecule has 0 bridgehead atoms. The average Bonchev–Trinajstić information content (AvgIpc) is 2.87. The summed E-state index contributed by atoms with van der Waals surface area (Å²) in [7, 11) is 0. The van der Waals surface area contributed by atoms with Crippen LogP contribution in [0.3, 0.4) is 0 Å². The van der Waals surface area contributed by atoms with Gasteiger partial charge in [-0.25, -0.2) is 0 Å². The predicted octanol–water partition coefficient (Wildman–Crippen LogP) is 5.02. The molecule has 2 aromatic heterocycles. The van der Waals surface area contributed by atoms with Gasteiger partial charge in [-0.05, 0) is 49.6 Å². The Morgan fingerprint density at radius 3 is 2.48 bits per heavy atom. The van der Waals surface area contributed by atoms with E-state index in [-0.39, 0.29) is 0 Å². The molecule has 104 valence electrons. The molecule has 0 fully saturated rings. The number of aryl methyl sites for hydroxylation is 2. The van der Waals surface area contributed by atoms with Crippen LogP contribution in [0.2, 0.25) is 0 Å². The molecular formula is C19H18N2. The van der Waals surface area contributed by atoms with Gasteiger partial charge < -0.3 is 4.98 Å². The van der Waals surface area contributed by atoms with Gasteiger partial charge in [0.2, 0.25) is 0 Å². The van der Waals surface area contributed by atoms with Crippen molar-refractivity contribution in [1.82, 2.24) is 9.97 Å². The summed E-state index contributed by atoms with van der Waals surface area (Å²) in [5.74, 6) is 0. The highest BCUT2D eigenvalue weighted by Crippen LogP contribution is 2.15. The number of nitrogens with zero attached hydrogens (tertiary/aromatic N) is 1. The van der Waals surface area contributed by atoms with Crippen molar-refractivity contribution in [3.05, 3.63) is 78.1 Å². The summed E-state index contributed by atoms with van der Waals surface area (Å²) in [6.07, 6.45) is 1.81. The van der Waals surface area contributed by atoms with Crippen LogP contribution in [0, 0.1) is 13.8 Å². The number of para-hydroxylation sites is 1. The minimum Gasteiger partial charge on any atom is -0.359 e. The standard InChI is InChI=1S/C10H11N.C9H7N/c1-7-3-4-10-9(5-7)6-8(2)11-10;1-2-6-9-8(4-1)5-3-7-10-9/h3-6,11H,1-2H3;1-7H. The largest absolute Gasteiger partial charge is 0.359 e. The number of aromatic amines is 1. The normalized spacial score (nSPS) is 10.4. The van der Waals surface area contributed by atoms with E-state index in [4.69, 9.17) is 0 Å². The first kappa shape index (κ1) is 13.4. The van der Waals surface area contributed by atoms with Crippen LogP contribution in [0.5, 0.6) is 0 Å². The number of nitrogens with one attached hydrogen (secondary N) is 1. The Kier molecular flexibility index (Phi) is 3.69. The predicted molar refractivity (Wildman–Crippen MR) is 89.5 cm³/mol. The van der Waals surface area contributed by atoms with E-state index in [1.54, 1.807) is 0 Å². The zero-order valence-electron chi connectivity index (χ0n) is 12.3. The van der Waals surface area contributed by atoms with Gasteiger partial charge in [-0.2, -0.15) is 0 Å². The molecule has 1 N–H and O–H groups in total. The molecule has 2 nitrogen and oxygen atoms in total. The van der Waals surface area contributed by atoms with Gasteiger partial charge in [-0.15, -0.1) is 0 Å². The van der Waals surface area contributed by atoms with Gasteiger partial charge in [0, 0.05) is 22.8 Å². The second-order valence-electron chi connectivity index (χ2n) is 5.24. The van der Waals surface area contributed by atoms with Crippen molar-refractivity contribution >= 4 is 21.8 Å². The molecular weight excluding hydrogens is 256 g/mol. The lowest BCUT2D eigenvalue weighted by molar-refractivity contribution is 1.30. The quantitative estimate of drug-likeness (QED) is 0.479. The van der Waals surface area contributed by atoms with Crippen molar-refractivity contribution in [2.45, 2.75) is 13.8 Å². The Morgan fingerprint density at radius 2 is 1.62 bits per heavy atom. The minimum atomic E-state index is 1.06. The molecule has 4 aromatic rings. The molecule has 4 rings (SSSR count). The second kappa shape index (κ2) is 5.80. The molecule has 0 aliphatic carbocycles. The van der Waals surface area contributed by atoms with Crippen LogP contribution in [0.25, 0.3) is 21.8 Å². The van der Waals surface area contributed by atoms with Gasteiger partial charge in [-0.3, -0.25) is 4.98 Å². The van der Waals surface area contributed by atoms with Gasteiger partial charge in [0.25, 0.3) is 0 Å². The molecule has 0 atom stereocenters. The summed E-state index contributed by atoms with van der Waals surface area (Å²) in [6, 6.07) is 20.7. The maximum Gasteiger partial charge on any atom is 0.0701 e. The molecule has 2 heteroatoms. The summed E-state index contributed by atoms with van der Waals surface area (Å²) >= 11 is 0. The molecule has 0 spiro atoms. The smallest absolute Gasteiger partial charge is 0.0701 e. The Balaban J connectivity index is 0.000000126. The highest BCUT2D eigenvalue weighted by molar-refractivity contribution is 5.81. The SMILES string of the molecule is Cc1ccc2[nH]c(C)cc2c1.c1ccc2ncccc2c1. The first-order valence-electron chi connectivity index (χ1n) is 7.08. The van der Waals surface area contributed by atoms with Gasteiger partial charge in [-0.1, -0.05) is 35.9 Å². The molecule has 0 radical (unpaired) electrons. The molecule has 0 amide bonds. The van der Waals surface area contributed by atoms with Gasteiger partial charge in [0.15, 0.2) is 0 Å². The number of fused-ring (bicyclic) bond motifs is 2. The van der Waals surface area contributed by atoms with E-state index >= 15 is 0 Å². The Morgan fingerprint density at radius 1 is 0.810 bits per heavy atom. The van der Waals surface area contributed by atoms with Crippen molar-refractivity contribution in [3.63, 3.8) is 0 Å². The maximum absolute atomic E-state index is 4.18. The lowest BCUT2D eigenvalue weighted by Gasteiger charge is -1.91. The van der Waals surface area contributed by atoms with Gasteiger partial charge >= 0.3 is 0 Å². The van der Waals surface area contributed by atoms with Crippen molar-refractivity contribution in [2.75, 3.05) is 0 Å². The third kappa shape index (κ3) is 3.11. The number of pyridine rings is 1. The number of hydrogen-bond donors (Lipinski definition) is 1. The fourth-order valence-corrected chi connectivity index (χ4v) is 2.41. The number of benzene rings is 2. The van der Waals surface area contributed by atoms with Crippen molar-refractivity contribution in [1.29, 1.82) is 0 Å². The summed E-state index contributed by atoms with van der Waals surface area (Å²) in [5.41, 5.74) is 4.83. The zero-order chi connectivity index (χ0) is 14.7. The van der Waals surface area contributed by atoms with Crippen LogP contribution in [0.1, 0.15) is 11.3 Å². The first-order valence-corrected chi connectivity index (χ1v) is 7.08. The van der Waals surface area contributed by atoms with E-state index in [1.165, 1.54) is 27.5 Å². The molecule has 0 aliphatic rings. The van der Waals surface area contributed by atoms with Crippen LogP contribution in [-0.2, 0) is 0 Å². The monoisotopic (exact) mass is 274 g/mol. The van der Waals surface area contributed by atoms with Crippen molar-refractivity contribution in [3.8, 4) is 0 Å². The van der Waals surface area contributed by atoms with E-state index in [0.29, 0.717) is 0 Å². The highest BCUT2D eigenvalue weighted by atomic mass is 14.7. The molecule has 0 aliphatic heterocycles. The fraction of sp³-hybridized carbons (Fsp3) is 0.105.